The Hall–Kier alpha value is -3.05. The summed E-state index contributed by atoms with van der Waals surface area (Å²) in [5.74, 6) is 1.80. The molecule has 1 aliphatic heterocycles. The molecule has 4 nitrogen and oxygen atoms in total. The monoisotopic (exact) mass is 384 g/mol. The van der Waals surface area contributed by atoms with Crippen molar-refractivity contribution in [3.05, 3.63) is 87.8 Å². The van der Waals surface area contributed by atoms with Gasteiger partial charge in [-0.1, -0.05) is 17.7 Å². The molecule has 6 heteroatoms. The van der Waals surface area contributed by atoms with E-state index in [1.165, 1.54) is 12.1 Å². The highest BCUT2D eigenvalue weighted by Gasteiger charge is 2.28. The normalized spacial score (nSPS) is 14.3. The van der Waals surface area contributed by atoms with Crippen LogP contribution in [-0.2, 0) is 6.61 Å². The summed E-state index contributed by atoms with van der Waals surface area (Å²) in [4.78, 5) is 12.4. The van der Waals surface area contributed by atoms with Gasteiger partial charge in [0.1, 0.15) is 35.4 Å². The second kappa shape index (κ2) is 6.93. The van der Waals surface area contributed by atoms with Crippen molar-refractivity contribution < 1.29 is 23.1 Å². The van der Waals surface area contributed by atoms with Gasteiger partial charge in [0, 0.05) is 17.7 Å². The molecule has 0 radical (unpaired) electrons. The van der Waals surface area contributed by atoms with E-state index in [2.05, 4.69) is 0 Å². The lowest BCUT2D eigenvalue weighted by Gasteiger charge is -2.08. The van der Waals surface area contributed by atoms with Gasteiger partial charge in [-0.15, -0.1) is 0 Å². The number of benzene rings is 2. The van der Waals surface area contributed by atoms with Gasteiger partial charge in [0.25, 0.3) is 0 Å². The SMILES string of the molecule is Cc1ccc(/C=C2\Oc3cc(OCc4ccc(F)cc4Cl)ccc3C2=O)o1. The Morgan fingerprint density at radius 3 is 2.74 bits per heavy atom. The maximum absolute atomic E-state index is 13.1. The maximum atomic E-state index is 13.1. The van der Waals surface area contributed by atoms with Crippen LogP contribution in [0.25, 0.3) is 6.08 Å². The minimum absolute atomic E-state index is 0.167. The summed E-state index contributed by atoms with van der Waals surface area (Å²) in [6.45, 7) is 1.99. The van der Waals surface area contributed by atoms with E-state index in [-0.39, 0.29) is 18.1 Å². The molecule has 0 fully saturated rings. The number of hydrogen-bond acceptors (Lipinski definition) is 4. The molecular weight excluding hydrogens is 371 g/mol. The number of fused-ring (bicyclic) bond motifs is 1. The summed E-state index contributed by atoms with van der Waals surface area (Å²) in [6.07, 6.45) is 1.56. The molecule has 0 spiro atoms. The van der Waals surface area contributed by atoms with Gasteiger partial charge < -0.3 is 13.9 Å². The number of allylic oxidation sites excluding steroid dienone is 1. The fourth-order valence-electron chi connectivity index (χ4n) is 2.72. The molecule has 0 atom stereocenters. The van der Waals surface area contributed by atoms with Crippen molar-refractivity contribution >= 4 is 23.5 Å². The first-order valence-electron chi connectivity index (χ1n) is 8.21. The van der Waals surface area contributed by atoms with Crippen LogP contribution in [0.2, 0.25) is 5.02 Å². The average molecular weight is 385 g/mol. The van der Waals surface area contributed by atoms with Gasteiger partial charge in [0.05, 0.1) is 10.6 Å². The summed E-state index contributed by atoms with van der Waals surface area (Å²) in [7, 11) is 0. The smallest absolute Gasteiger partial charge is 0.232 e. The highest BCUT2D eigenvalue weighted by Crippen LogP contribution is 2.35. The Kier molecular flexibility index (Phi) is 4.46. The fraction of sp³-hybridized carbons (Fsp3) is 0.0952. The number of halogens is 2. The third-order valence-corrected chi connectivity index (χ3v) is 4.44. The predicted molar refractivity (Wildman–Crippen MR) is 98.6 cm³/mol. The van der Waals surface area contributed by atoms with Gasteiger partial charge in [-0.05, 0) is 43.3 Å². The first kappa shape index (κ1) is 17.4. The number of furan rings is 1. The predicted octanol–water partition coefficient (Wildman–Crippen LogP) is 5.58. The minimum Gasteiger partial charge on any atom is -0.489 e. The highest BCUT2D eigenvalue weighted by atomic mass is 35.5. The minimum atomic E-state index is -0.403. The van der Waals surface area contributed by atoms with E-state index in [1.54, 1.807) is 36.4 Å². The zero-order chi connectivity index (χ0) is 19.0. The molecule has 0 amide bonds. The molecule has 0 bridgehead atoms. The Labute approximate surface area is 159 Å². The van der Waals surface area contributed by atoms with Crippen LogP contribution >= 0.6 is 11.6 Å². The van der Waals surface area contributed by atoms with Crippen molar-refractivity contribution in [2.75, 3.05) is 0 Å². The number of carbonyl (C=O) groups excluding carboxylic acids is 1. The van der Waals surface area contributed by atoms with E-state index in [0.29, 0.717) is 33.4 Å². The van der Waals surface area contributed by atoms with Crippen molar-refractivity contribution in [3.8, 4) is 11.5 Å². The fourth-order valence-corrected chi connectivity index (χ4v) is 2.94. The zero-order valence-corrected chi connectivity index (χ0v) is 15.0. The molecule has 136 valence electrons. The molecule has 3 aromatic rings. The van der Waals surface area contributed by atoms with Crippen LogP contribution in [0, 0.1) is 12.7 Å². The van der Waals surface area contributed by atoms with Crippen molar-refractivity contribution in [1.29, 1.82) is 0 Å². The van der Waals surface area contributed by atoms with Crippen molar-refractivity contribution in [1.82, 2.24) is 0 Å². The van der Waals surface area contributed by atoms with E-state index < -0.39 is 5.82 Å². The maximum Gasteiger partial charge on any atom is 0.232 e. The number of rotatable bonds is 4. The van der Waals surface area contributed by atoms with Gasteiger partial charge in [-0.25, -0.2) is 4.39 Å². The zero-order valence-electron chi connectivity index (χ0n) is 14.3. The van der Waals surface area contributed by atoms with Crippen LogP contribution < -0.4 is 9.47 Å². The lowest BCUT2D eigenvalue weighted by atomic mass is 10.1. The number of ether oxygens (including phenoxy) is 2. The molecular formula is C21H14ClFO4. The Balaban J connectivity index is 1.51. The molecule has 0 aliphatic carbocycles. The van der Waals surface area contributed by atoms with Crippen LogP contribution in [0.3, 0.4) is 0 Å². The third kappa shape index (κ3) is 3.59. The molecule has 2 heterocycles. The van der Waals surface area contributed by atoms with Crippen LogP contribution in [0.4, 0.5) is 4.39 Å². The number of ketones is 1. The number of Topliss-reactive ketones (excluding diaryl/α,β-unsaturated/α-hetero) is 1. The molecule has 2 aromatic carbocycles. The summed E-state index contributed by atoms with van der Waals surface area (Å²) in [5, 5.41) is 0.293. The highest BCUT2D eigenvalue weighted by molar-refractivity contribution is 6.31. The van der Waals surface area contributed by atoms with Gasteiger partial charge in [-0.2, -0.15) is 0 Å². The molecule has 0 saturated heterocycles. The molecule has 1 aromatic heterocycles. The average Bonchev–Trinajstić information content (AvgIpc) is 3.18. The van der Waals surface area contributed by atoms with Gasteiger partial charge in [0.2, 0.25) is 5.78 Å². The summed E-state index contributed by atoms with van der Waals surface area (Å²) in [6, 6.07) is 12.7. The number of aryl methyl sites for hydroxylation is 1. The number of carbonyl (C=O) groups is 1. The molecule has 4 rings (SSSR count). The lowest BCUT2D eigenvalue weighted by molar-refractivity contribution is 0.101. The van der Waals surface area contributed by atoms with E-state index in [0.717, 1.165) is 5.76 Å². The third-order valence-electron chi connectivity index (χ3n) is 4.09. The first-order valence-corrected chi connectivity index (χ1v) is 8.59. The van der Waals surface area contributed by atoms with Gasteiger partial charge in [-0.3, -0.25) is 4.79 Å². The molecule has 0 saturated carbocycles. The molecule has 0 N–H and O–H groups in total. The second-order valence-corrected chi connectivity index (χ2v) is 6.48. The van der Waals surface area contributed by atoms with E-state index in [9.17, 15) is 9.18 Å². The quantitative estimate of drug-likeness (QED) is 0.551. The lowest BCUT2D eigenvalue weighted by Crippen LogP contribution is -1.98. The Morgan fingerprint density at radius 1 is 1.15 bits per heavy atom. The van der Waals surface area contributed by atoms with Crippen LogP contribution in [0.15, 0.2) is 58.7 Å². The van der Waals surface area contributed by atoms with Crippen LogP contribution in [0.1, 0.15) is 27.4 Å². The van der Waals surface area contributed by atoms with Crippen molar-refractivity contribution in [2.45, 2.75) is 13.5 Å². The molecule has 27 heavy (non-hydrogen) atoms. The van der Waals surface area contributed by atoms with E-state index in [1.807, 2.05) is 13.0 Å². The molecule has 0 unspecified atom stereocenters. The standard InChI is InChI=1S/C21H14ClFO4/c1-12-2-5-16(26-12)10-20-21(24)17-7-6-15(9-19(17)27-20)25-11-13-3-4-14(23)8-18(13)22/h2-10H,11H2,1H3/b20-10-. The topological polar surface area (TPSA) is 48.7 Å². The Bertz CT molecular complexity index is 1070. The van der Waals surface area contributed by atoms with Crippen LogP contribution in [0.5, 0.6) is 11.5 Å². The van der Waals surface area contributed by atoms with Crippen molar-refractivity contribution in [3.63, 3.8) is 0 Å². The van der Waals surface area contributed by atoms with E-state index in [4.69, 9.17) is 25.5 Å². The summed E-state index contributed by atoms with van der Waals surface area (Å²) in [5.41, 5.74) is 1.11. The second-order valence-electron chi connectivity index (χ2n) is 6.07. The first-order chi connectivity index (χ1) is 13.0. The van der Waals surface area contributed by atoms with E-state index >= 15 is 0 Å². The summed E-state index contributed by atoms with van der Waals surface area (Å²) >= 11 is 6.00. The van der Waals surface area contributed by atoms with Crippen molar-refractivity contribution in [2.24, 2.45) is 0 Å². The summed E-state index contributed by atoms with van der Waals surface area (Å²) < 4.78 is 29.9. The molecule has 1 aliphatic rings. The van der Waals surface area contributed by atoms with Gasteiger partial charge in [0.15, 0.2) is 5.76 Å². The number of hydrogen-bond donors (Lipinski definition) is 0. The Morgan fingerprint density at radius 2 is 2.00 bits per heavy atom. The van der Waals surface area contributed by atoms with Gasteiger partial charge >= 0.3 is 0 Å². The van der Waals surface area contributed by atoms with Crippen LogP contribution in [-0.4, -0.2) is 5.78 Å². The largest absolute Gasteiger partial charge is 0.489 e.